The number of nitrogens with one attached hydrogen (secondary N) is 2. The molecule has 3 N–H and O–H groups in total. The summed E-state index contributed by atoms with van der Waals surface area (Å²) < 4.78 is 43.1. The number of H-pyrrole nitrogens is 1. The molecule has 3 rings (SSSR count). The zero-order chi connectivity index (χ0) is 18.8. The number of anilines is 1. The Morgan fingerprint density at radius 1 is 1.38 bits per heavy atom. The maximum absolute atomic E-state index is 14.7. The van der Waals surface area contributed by atoms with Crippen molar-refractivity contribution in [2.24, 2.45) is 0 Å². The van der Waals surface area contributed by atoms with Gasteiger partial charge in [0.2, 0.25) is 5.78 Å². The Morgan fingerprint density at radius 3 is 2.88 bits per heavy atom. The molecule has 0 bridgehead atoms. The third kappa shape index (κ3) is 3.30. The number of nitrogens with zero attached hydrogens (tertiary/aromatic N) is 1. The van der Waals surface area contributed by atoms with Gasteiger partial charge in [-0.05, 0) is 24.6 Å². The van der Waals surface area contributed by atoms with Gasteiger partial charge in [-0.1, -0.05) is 6.92 Å². The van der Waals surface area contributed by atoms with Crippen LogP contribution in [0.1, 0.15) is 29.3 Å². The van der Waals surface area contributed by atoms with Gasteiger partial charge in [-0.25, -0.2) is 18.0 Å². The van der Waals surface area contributed by atoms with Crippen LogP contribution >= 0.6 is 0 Å². The van der Waals surface area contributed by atoms with Crippen LogP contribution in [0.15, 0.2) is 30.6 Å². The van der Waals surface area contributed by atoms with Gasteiger partial charge in [0, 0.05) is 22.9 Å². The summed E-state index contributed by atoms with van der Waals surface area (Å²) in [6, 6.07) is 3.31. The van der Waals surface area contributed by atoms with Crippen molar-refractivity contribution in [2.45, 2.75) is 13.3 Å². The largest absolute Gasteiger partial charge is 0.506 e. The first-order valence-electron chi connectivity index (χ1n) is 7.76. The van der Waals surface area contributed by atoms with Crippen molar-refractivity contribution in [3.8, 4) is 5.75 Å². The van der Waals surface area contributed by atoms with E-state index in [1.54, 1.807) is 0 Å². The lowest BCUT2D eigenvalue weighted by Crippen LogP contribution is -2.13. The molecule has 0 saturated heterocycles. The van der Waals surface area contributed by atoms with Crippen LogP contribution in [-0.4, -0.2) is 30.8 Å². The first kappa shape index (κ1) is 18.0. The summed E-state index contributed by atoms with van der Waals surface area (Å²) in [7, 11) is -1.54. The van der Waals surface area contributed by atoms with Crippen molar-refractivity contribution in [1.29, 1.82) is 0 Å². The Hall–Kier alpha value is -2.81. The second kappa shape index (κ2) is 7.20. The summed E-state index contributed by atoms with van der Waals surface area (Å²) in [5.41, 5.74) is -0.728. The van der Waals surface area contributed by atoms with Crippen molar-refractivity contribution in [3.63, 3.8) is 0 Å². The van der Waals surface area contributed by atoms with Crippen LogP contribution in [0.2, 0.25) is 0 Å². The Bertz CT molecular complexity index is 1020. The molecular formula is C17H15F2N3O3S. The molecule has 26 heavy (non-hydrogen) atoms. The number of fused-ring (bicyclic) bond motifs is 1. The van der Waals surface area contributed by atoms with E-state index in [0.717, 1.165) is 12.1 Å². The normalized spacial score (nSPS) is 12.3. The molecule has 0 spiro atoms. The van der Waals surface area contributed by atoms with Gasteiger partial charge in [-0.15, -0.1) is 0 Å². The third-order valence-electron chi connectivity index (χ3n) is 3.69. The van der Waals surface area contributed by atoms with E-state index in [2.05, 4.69) is 14.7 Å². The number of carbonyl (C=O) groups is 1. The molecule has 0 amide bonds. The molecule has 0 fully saturated rings. The number of pyridine rings is 1. The molecule has 2 heterocycles. The highest BCUT2D eigenvalue weighted by Gasteiger charge is 2.25. The SMILES string of the molecule is CCCS(=O)Nc1ccc(F)c(C(=O)c2c[nH]c3ncc(O)cc23)c1F. The van der Waals surface area contributed by atoms with Gasteiger partial charge in [0.05, 0.1) is 17.4 Å². The number of carbonyl (C=O) groups excluding carboxylic acids is 1. The van der Waals surface area contributed by atoms with Crippen molar-refractivity contribution in [2.75, 3.05) is 10.5 Å². The van der Waals surface area contributed by atoms with Gasteiger partial charge in [0.25, 0.3) is 0 Å². The van der Waals surface area contributed by atoms with Crippen LogP contribution in [0.5, 0.6) is 5.75 Å². The van der Waals surface area contributed by atoms with Gasteiger partial charge >= 0.3 is 0 Å². The molecule has 0 radical (unpaired) electrons. The lowest BCUT2D eigenvalue weighted by Gasteiger charge is -2.10. The number of benzene rings is 1. The van der Waals surface area contributed by atoms with Crippen molar-refractivity contribution >= 4 is 33.5 Å². The quantitative estimate of drug-likeness (QED) is 0.573. The number of hydrogen-bond acceptors (Lipinski definition) is 4. The topological polar surface area (TPSA) is 95.1 Å². The summed E-state index contributed by atoms with van der Waals surface area (Å²) in [5, 5.41) is 9.79. The molecule has 0 saturated carbocycles. The summed E-state index contributed by atoms with van der Waals surface area (Å²) in [5.74, 6) is -2.97. The Morgan fingerprint density at radius 2 is 2.15 bits per heavy atom. The second-order valence-electron chi connectivity index (χ2n) is 5.56. The van der Waals surface area contributed by atoms with Crippen molar-refractivity contribution in [1.82, 2.24) is 9.97 Å². The standard InChI is InChI=1S/C17H15F2N3O3S/c1-2-5-26(25)22-13-4-3-12(18)14(15(13)19)16(24)11-8-21-17-10(11)6-9(23)7-20-17/h3-4,6-8,22-23H,2,5H2,1H3,(H,20,21). The number of rotatable bonds is 6. The van der Waals surface area contributed by atoms with Crippen molar-refractivity contribution in [3.05, 3.63) is 53.4 Å². The highest BCUT2D eigenvalue weighted by atomic mass is 32.2. The third-order valence-corrected chi connectivity index (χ3v) is 4.92. The fraction of sp³-hybridized carbons (Fsp3) is 0.176. The number of aromatic hydroxyl groups is 1. The molecule has 1 atom stereocenters. The van der Waals surface area contributed by atoms with E-state index in [1.165, 1.54) is 18.5 Å². The highest BCUT2D eigenvalue weighted by Crippen LogP contribution is 2.28. The number of hydrogen-bond donors (Lipinski definition) is 3. The van der Waals surface area contributed by atoms with E-state index in [0.29, 0.717) is 12.1 Å². The maximum atomic E-state index is 14.7. The van der Waals surface area contributed by atoms with Crippen LogP contribution < -0.4 is 4.72 Å². The average Bonchev–Trinajstić information content (AvgIpc) is 3.00. The molecule has 0 aliphatic heterocycles. The minimum atomic E-state index is -1.54. The summed E-state index contributed by atoms with van der Waals surface area (Å²) in [6.07, 6.45) is 3.07. The van der Waals surface area contributed by atoms with E-state index in [1.807, 2.05) is 6.92 Å². The van der Waals surface area contributed by atoms with Gasteiger partial charge in [-0.2, -0.15) is 0 Å². The Labute approximate surface area is 149 Å². The average molecular weight is 379 g/mol. The van der Waals surface area contributed by atoms with Gasteiger partial charge < -0.3 is 14.8 Å². The fourth-order valence-electron chi connectivity index (χ4n) is 2.51. The molecule has 0 aliphatic carbocycles. The maximum Gasteiger partial charge on any atom is 0.201 e. The molecular weight excluding hydrogens is 364 g/mol. The molecule has 1 unspecified atom stereocenters. The van der Waals surface area contributed by atoms with Crippen LogP contribution in [0.25, 0.3) is 11.0 Å². The zero-order valence-electron chi connectivity index (χ0n) is 13.7. The number of aromatic nitrogens is 2. The fourth-order valence-corrected chi connectivity index (χ4v) is 3.39. The first-order chi connectivity index (χ1) is 12.4. The molecule has 2 aromatic heterocycles. The number of halogens is 2. The summed E-state index contributed by atoms with van der Waals surface area (Å²) in [6.45, 7) is 1.82. The Kier molecular flexibility index (Phi) is 4.99. The van der Waals surface area contributed by atoms with Crippen LogP contribution in [0, 0.1) is 11.6 Å². The summed E-state index contributed by atoms with van der Waals surface area (Å²) in [4.78, 5) is 19.3. The number of ketones is 1. The van der Waals surface area contributed by atoms with Gasteiger partial charge in [0.1, 0.15) is 28.2 Å². The minimum Gasteiger partial charge on any atom is -0.506 e. The van der Waals surface area contributed by atoms with Gasteiger partial charge in [0.15, 0.2) is 5.82 Å². The van der Waals surface area contributed by atoms with E-state index in [-0.39, 0.29) is 28.1 Å². The highest BCUT2D eigenvalue weighted by molar-refractivity contribution is 7.86. The predicted octanol–water partition coefficient (Wildman–Crippen LogP) is 3.26. The monoisotopic (exact) mass is 379 g/mol. The Balaban J connectivity index is 2.06. The summed E-state index contributed by atoms with van der Waals surface area (Å²) >= 11 is 0. The zero-order valence-corrected chi connectivity index (χ0v) is 14.5. The van der Waals surface area contributed by atoms with E-state index < -0.39 is 34.0 Å². The minimum absolute atomic E-state index is 0.0342. The number of aromatic amines is 1. The van der Waals surface area contributed by atoms with Crippen molar-refractivity contribution < 1.29 is 22.9 Å². The first-order valence-corrected chi connectivity index (χ1v) is 9.08. The predicted molar refractivity (Wildman–Crippen MR) is 94.5 cm³/mol. The lowest BCUT2D eigenvalue weighted by molar-refractivity contribution is 0.103. The van der Waals surface area contributed by atoms with E-state index in [4.69, 9.17) is 0 Å². The van der Waals surface area contributed by atoms with Gasteiger partial charge in [-0.3, -0.25) is 4.79 Å². The lowest BCUT2D eigenvalue weighted by atomic mass is 10.0. The second-order valence-corrected chi connectivity index (χ2v) is 6.86. The molecule has 3 aromatic rings. The van der Waals surface area contributed by atoms with E-state index >= 15 is 0 Å². The van der Waals surface area contributed by atoms with E-state index in [9.17, 15) is 22.9 Å². The smallest absolute Gasteiger partial charge is 0.201 e. The van der Waals surface area contributed by atoms with Crippen LogP contribution in [0.4, 0.5) is 14.5 Å². The molecule has 136 valence electrons. The van der Waals surface area contributed by atoms with Crippen LogP contribution in [-0.2, 0) is 11.0 Å². The molecule has 6 nitrogen and oxygen atoms in total. The molecule has 9 heteroatoms. The molecule has 0 aliphatic rings. The molecule has 1 aromatic carbocycles. The van der Waals surface area contributed by atoms with Crippen LogP contribution in [0.3, 0.4) is 0 Å².